The van der Waals surface area contributed by atoms with Gasteiger partial charge < -0.3 is 15.2 Å². The maximum atomic E-state index is 13.5. The van der Waals surface area contributed by atoms with E-state index in [1.165, 1.54) is 12.1 Å². The van der Waals surface area contributed by atoms with Crippen LogP contribution in [0.15, 0.2) is 75.8 Å². The second kappa shape index (κ2) is 13.3. The summed E-state index contributed by atoms with van der Waals surface area (Å²) in [6.45, 7) is 3.91. The summed E-state index contributed by atoms with van der Waals surface area (Å²) in [6.07, 6.45) is 0.410. The van der Waals surface area contributed by atoms with Crippen molar-refractivity contribution in [2.45, 2.75) is 25.2 Å². The van der Waals surface area contributed by atoms with Gasteiger partial charge in [0.15, 0.2) is 0 Å². The minimum absolute atomic E-state index is 0. The predicted molar refractivity (Wildman–Crippen MR) is 149 cm³/mol. The molecule has 40 heavy (non-hydrogen) atoms. The molecule has 0 spiro atoms. The zero-order chi connectivity index (χ0) is 28.3. The second-order valence-corrected chi connectivity index (χ2v) is 10.5. The number of para-hydroxylation sites is 1. The number of anilines is 1. The van der Waals surface area contributed by atoms with Crippen LogP contribution in [0.4, 0.5) is 17.1 Å². The molecule has 0 radical (unpaired) electrons. The van der Waals surface area contributed by atoms with Gasteiger partial charge in [0, 0.05) is 10.9 Å². The van der Waals surface area contributed by atoms with Gasteiger partial charge in [0.1, 0.15) is 16.3 Å². The summed E-state index contributed by atoms with van der Waals surface area (Å²) in [5.41, 5.74) is 0.491. The fourth-order valence-electron chi connectivity index (χ4n) is 3.92. The molecule has 0 saturated carbocycles. The fourth-order valence-corrected chi connectivity index (χ4v) is 5.18. The number of fused-ring (bicyclic) bond motifs is 1. The van der Waals surface area contributed by atoms with E-state index in [4.69, 9.17) is 27.9 Å². The molecule has 1 amide bonds. The van der Waals surface area contributed by atoms with Crippen LogP contribution in [0.3, 0.4) is 0 Å². The van der Waals surface area contributed by atoms with E-state index in [-0.39, 0.29) is 62.2 Å². The smallest absolute Gasteiger partial charge is 0.870 e. The van der Waals surface area contributed by atoms with Crippen molar-refractivity contribution in [2.24, 2.45) is 10.2 Å². The Hall–Kier alpha value is -2.70. The molecule has 2 N–H and O–H groups in total. The molecule has 0 unspecified atom stereocenters. The van der Waals surface area contributed by atoms with Crippen molar-refractivity contribution >= 4 is 67.1 Å². The average Bonchev–Trinajstić information content (AvgIpc) is 2.89. The molecule has 202 valence electrons. The fraction of sp³-hybridized carbons (Fsp3) is 0.148. The molecule has 9 nitrogen and oxygen atoms in total. The molecular weight excluding hydrogens is 588 g/mol. The summed E-state index contributed by atoms with van der Waals surface area (Å²) < 4.78 is 38.6. The molecule has 0 aliphatic rings. The van der Waals surface area contributed by atoms with E-state index in [9.17, 15) is 22.9 Å². The van der Waals surface area contributed by atoms with Crippen LogP contribution < -0.4 is 44.7 Å². The number of benzene rings is 4. The van der Waals surface area contributed by atoms with Gasteiger partial charge in [-0.05, 0) is 54.6 Å². The van der Waals surface area contributed by atoms with Crippen LogP contribution in [0.2, 0.25) is 10.0 Å². The Balaban J connectivity index is 0.00000441. The SMILES string of the molecule is CCOc1cccc(Cl)c1NC(=O)c1cc2ccccc2c(N=Nc2cc(S(=O)(=O)O)c(Cl)cc2CC)c1[O-].[Na+]. The maximum absolute atomic E-state index is 13.5. The number of nitrogens with one attached hydrogen (secondary N) is 1. The van der Waals surface area contributed by atoms with Crippen LogP contribution in [0.5, 0.6) is 11.5 Å². The van der Waals surface area contributed by atoms with Gasteiger partial charge in [-0.15, -0.1) is 0 Å². The van der Waals surface area contributed by atoms with E-state index in [1.807, 2.05) is 0 Å². The van der Waals surface area contributed by atoms with Crippen molar-refractivity contribution in [1.82, 2.24) is 0 Å². The Bertz CT molecular complexity index is 1730. The molecule has 0 fully saturated rings. The topological polar surface area (TPSA) is 140 Å². The zero-order valence-electron chi connectivity index (χ0n) is 21.7. The zero-order valence-corrected chi connectivity index (χ0v) is 26.1. The third-order valence-corrected chi connectivity index (χ3v) is 7.42. The van der Waals surface area contributed by atoms with E-state index in [0.29, 0.717) is 35.1 Å². The molecule has 0 aliphatic heterocycles. The second-order valence-electron chi connectivity index (χ2n) is 8.26. The minimum Gasteiger partial charge on any atom is -0.870 e. The summed E-state index contributed by atoms with van der Waals surface area (Å²) in [4.78, 5) is 12.8. The summed E-state index contributed by atoms with van der Waals surface area (Å²) in [5, 5.41) is 25.5. The van der Waals surface area contributed by atoms with Crippen molar-refractivity contribution in [1.29, 1.82) is 0 Å². The normalized spacial score (nSPS) is 11.4. The van der Waals surface area contributed by atoms with Crippen LogP contribution in [0, 0.1) is 0 Å². The number of amides is 1. The Morgan fingerprint density at radius 2 is 1.75 bits per heavy atom. The molecule has 0 atom stereocenters. The first-order chi connectivity index (χ1) is 18.5. The number of carbonyl (C=O) groups is 1. The first-order valence-corrected chi connectivity index (χ1v) is 13.9. The molecule has 4 rings (SSSR count). The van der Waals surface area contributed by atoms with Crippen LogP contribution in [-0.4, -0.2) is 25.5 Å². The molecule has 13 heteroatoms. The predicted octanol–water partition coefficient (Wildman–Crippen LogP) is 4.10. The average molecular weight is 610 g/mol. The van der Waals surface area contributed by atoms with Crippen molar-refractivity contribution in [2.75, 3.05) is 11.9 Å². The third kappa shape index (κ3) is 6.77. The third-order valence-electron chi connectivity index (χ3n) is 5.78. The van der Waals surface area contributed by atoms with Crippen molar-refractivity contribution in [3.05, 3.63) is 81.8 Å². The summed E-state index contributed by atoms with van der Waals surface area (Å²) in [7, 11) is -4.64. The Morgan fingerprint density at radius 1 is 1.02 bits per heavy atom. The van der Waals surface area contributed by atoms with E-state index in [2.05, 4.69) is 15.5 Å². The largest absolute Gasteiger partial charge is 1.00 e. The van der Waals surface area contributed by atoms with Crippen molar-refractivity contribution in [3.8, 4) is 11.5 Å². The maximum Gasteiger partial charge on any atom is 1.00 e. The summed E-state index contributed by atoms with van der Waals surface area (Å²) in [5.74, 6) is -1.09. The first-order valence-electron chi connectivity index (χ1n) is 11.7. The number of hydrogen-bond donors (Lipinski definition) is 2. The molecule has 4 aromatic carbocycles. The number of azo groups is 1. The van der Waals surface area contributed by atoms with Gasteiger partial charge >= 0.3 is 29.6 Å². The quantitative estimate of drug-likeness (QED) is 0.175. The molecule has 0 saturated heterocycles. The minimum atomic E-state index is -4.64. The van der Waals surface area contributed by atoms with Crippen LogP contribution >= 0.6 is 23.2 Å². The Morgan fingerprint density at radius 3 is 2.42 bits per heavy atom. The van der Waals surface area contributed by atoms with Gasteiger partial charge in [0.05, 0.1) is 28.0 Å². The molecule has 0 bridgehead atoms. The van der Waals surface area contributed by atoms with E-state index in [1.54, 1.807) is 56.3 Å². The molecule has 0 heterocycles. The number of carbonyl (C=O) groups excluding carboxylic acids is 1. The van der Waals surface area contributed by atoms with Gasteiger partial charge in [-0.2, -0.15) is 18.6 Å². The number of halogens is 2. The van der Waals surface area contributed by atoms with E-state index >= 15 is 0 Å². The number of ether oxygens (including phenoxy) is 1. The van der Waals surface area contributed by atoms with Gasteiger partial charge in [-0.1, -0.05) is 66.2 Å². The van der Waals surface area contributed by atoms with E-state index in [0.717, 1.165) is 6.07 Å². The number of rotatable bonds is 8. The van der Waals surface area contributed by atoms with Gasteiger partial charge in [-0.25, -0.2) is 0 Å². The molecule has 0 aromatic heterocycles. The molecule has 4 aromatic rings. The van der Waals surface area contributed by atoms with E-state index < -0.39 is 26.7 Å². The van der Waals surface area contributed by atoms with Gasteiger partial charge in [0.25, 0.3) is 16.0 Å². The standard InChI is InChI=1S/C27H23Cl2N3O6S.Na/c1-3-15-13-20(29)23(39(35,36)37)14-21(15)31-32-24-17-9-6-5-8-16(17)12-18(26(24)33)27(34)30-25-19(28)10-7-11-22(25)38-4-2;/h5-14,33H,3-4H2,1-2H3,(H,30,34)(H,35,36,37);/q;+1/p-1. The van der Waals surface area contributed by atoms with Crippen molar-refractivity contribution in [3.63, 3.8) is 0 Å². The Labute approximate surface area is 263 Å². The molecule has 0 aliphatic carbocycles. The van der Waals surface area contributed by atoms with Gasteiger partial charge in [0.2, 0.25) is 0 Å². The van der Waals surface area contributed by atoms with Crippen LogP contribution in [0.25, 0.3) is 10.8 Å². The monoisotopic (exact) mass is 609 g/mol. The van der Waals surface area contributed by atoms with Crippen LogP contribution in [0.1, 0.15) is 29.8 Å². The van der Waals surface area contributed by atoms with Crippen LogP contribution in [-0.2, 0) is 16.5 Å². The number of hydrogen-bond acceptors (Lipinski definition) is 7. The number of nitrogens with zero attached hydrogens (tertiary/aromatic N) is 2. The van der Waals surface area contributed by atoms with Crippen molar-refractivity contribution < 1.29 is 57.2 Å². The van der Waals surface area contributed by atoms with Gasteiger partial charge in [-0.3, -0.25) is 9.35 Å². The first kappa shape index (κ1) is 31.8. The summed E-state index contributed by atoms with van der Waals surface area (Å²) in [6, 6.07) is 15.6. The number of aryl methyl sites for hydroxylation is 1. The molecular formula is C27H22Cl2N3NaO6S. The Kier molecular flexibility index (Phi) is 10.6. The summed E-state index contributed by atoms with van der Waals surface area (Å²) >= 11 is 12.3.